The summed E-state index contributed by atoms with van der Waals surface area (Å²) in [4.78, 5) is 22.8. The summed E-state index contributed by atoms with van der Waals surface area (Å²) in [5, 5.41) is 0. The molecule has 0 aromatic carbocycles. The first-order valence-electron chi connectivity index (χ1n) is 7.61. The average Bonchev–Trinajstić information content (AvgIpc) is 2.30. The molecule has 0 aliphatic heterocycles. The van der Waals surface area contributed by atoms with Crippen LogP contribution in [0.25, 0.3) is 0 Å². The molecule has 0 rings (SSSR count). The third kappa shape index (κ3) is 8.58. The number of hydrogen-bond acceptors (Lipinski definition) is 4. The van der Waals surface area contributed by atoms with Gasteiger partial charge in [0.2, 0.25) is 0 Å². The molecule has 0 radical (unpaired) electrons. The van der Waals surface area contributed by atoms with Gasteiger partial charge in [-0.2, -0.15) is 0 Å². The molecule has 0 aliphatic carbocycles. The second-order valence-corrected chi connectivity index (χ2v) is 7.51. The Balaban J connectivity index is 4.93. The van der Waals surface area contributed by atoms with E-state index in [9.17, 15) is 9.59 Å². The van der Waals surface area contributed by atoms with Crippen molar-refractivity contribution in [2.75, 3.05) is 68.6 Å². The van der Waals surface area contributed by atoms with Gasteiger partial charge in [0.1, 0.15) is 38.4 Å². The SMILES string of the molecule is COC(C[N+](C)(C)CC(C)=O)C(C[N+](C)(C)CC(C)=O)OC. The van der Waals surface area contributed by atoms with Gasteiger partial charge in [-0.1, -0.05) is 0 Å². The third-order valence-corrected chi connectivity index (χ3v) is 3.67. The highest BCUT2D eigenvalue weighted by Crippen LogP contribution is 2.13. The molecule has 0 aromatic rings. The van der Waals surface area contributed by atoms with Crippen molar-refractivity contribution >= 4 is 11.6 Å². The van der Waals surface area contributed by atoms with Crippen LogP contribution in [-0.4, -0.2) is 101 Å². The summed E-state index contributed by atoms with van der Waals surface area (Å²) in [5.74, 6) is 0.308. The van der Waals surface area contributed by atoms with Crippen LogP contribution in [-0.2, 0) is 19.1 Å². The van der Waals surface area contributed by atoms with E-state index in [2.05, 4.69) is 0 Å². The van der Waals surface area contributed by atoms with Gasteiger partial charge in [-0.15, -0.1) is 0 Å². The fourth-order valence-electron chi connectivity index (χ4n) is 3.00. The zero-order valence-corrected chi connectivity index (χ0v) is 15.5. The van der Waals surface area contributed by atoms with Gasteiger partial charge in [-0.05, 0) is 0 Å². The summed E-state index contributed by atoms with van der Waals surface area (Å²) in [6.45, 7) is 5.47. The van der Waals surface area contributed by atoms with Crippen LogP contribution >= 0.6 is 0 Å². The van der Waals surface area contributed by atoms with Gasteiger partial charge in [0.05, 0.1) is 28.2 Å². The topological polar surface area (TPSA) is 52.6 Å². The molecule has 6 heteroatoms. The molecular weight excluding hydrogens is 284 g/mol. The Bertz CT molecular complexity index is 344. The Hall–Kier alpha value is -0.820. The first kappa shape index (κ1) is 21.2. The predicted molar refractivity (Wildman–Crippen MR) is 86.6 cm³/mol. The molecule has 0 bridgehead atoms. The van der Waals surface area contributed by atoms with Gasteiger partial charge in [0.25, 0.3) is 0 Å². The van der Waals surface area contributed by atoms with Crippen LogP contribution in [0.5, 0.6) is 0 Å². The highest BCUT2D eigenvalue weighted by Gasteiger charge is 2.34. The minimum atomic E-state index is -0.135. The number of methoxy groups -OCH3 is 2. The highest BCUT2D eigenvalue weighted by molar-refractivity contribution is 5.76. The number of rotatable bonds is 11. The summed E-state index contributed by atoms with van der Waals surface area (Å²) < 4.78 is 12.3. The van der Waals surface area contributed by atoms with Gasteiger partial charge in [0, 0.05) is 28.1 Å². The van der Waals surface area contributed by atoms with Crippen molar-refractivity contribution < 1.29 is 28.0 Å². The van der Waals surface area contributed by atoms with Crippen molar-refractivity contribution in [2.24, 2.45) is 0 Å². The number of quaternary nitrogens is 2. The Morgan fingerprint density at radius 1 is 0.773 bits per heavy atom. The van der Waals surface area contributed by atoms with Crippen LogP contribution in [0, 0.1) is 0 Å². The molecule has 0 spiro atoms. The van der Waals surface area contributed by atoms with Gasteiger partial charge in [-0.3, -0.25) is 9.59 Å². The lowest BCUT2D eigenvalue weighted by atomic mass is 10.1. The third-order valence-electron chi connectivity index (χ3n) is 3.67. The number of hydrogen-bond donors (Lipinski definition) is 0. The van der Waals surface area contributed by atoms with Crippen LogP contribution < -0.4 is 0 Å². The zero-order valence-electron chi connectivity index (χ0n) is 15.5. The number of carbonyl (C=O) groups excluding carboxylic acids is 2. The lowest BCUT2D eigenvalue weighted by Crippen LogP contribution is -2.56. The summed E-state index contributed by atoms with van der Waals surface area (Å²) in [5.41, 5.74) is 0. The van der Waals surface area contributed by atoms with E-state index in [0.29, 0.717) is 35.1 Å². The Morgan fingerprint density at radius 2 is 1.05 bits per heavy atom. The van der Waals surface area contributed by atoms with Crippen molar-refractivity contribution in [3.63, 3.8) is 0 Å². The second-order valence-electron chi connectivity index (χ2n) is 7.51. The van der Waals surface area contributed by atoms with E-state index < -0.39 is 0 Å². The number of ketones is 2. The molecule has 6 nitrogen and oxygen atoms in total. The Morgan fingerprint density at radius 3 is 1.23 bits per heavy atom. The minimum absolute atomic E-state index is 0.135. The van der Waals surface area contributed by atoms with E-state index in [1.807, 2.05) is 28.2 Å². The summed E-state index contributed by atoms with van der Waals surface area (Å²) >= 11 is 0. The second kappa shape index (κ2) is 8.72. The maximum atomic E-state index is 11.4. The number of likely N-dealkylation sites (N-methyl/N-ethyl adjacent to an activating group) is 2. The maximum absolute atomic E-state index is 11.4. The summed E-state index contributed by atoms with van der Waals surface area (Å²) in [6.07, 6.45) is -0.271. The van der Waals surface area contributed by atoms with Crippen molar-refractivity contribution in [3.8, 4) is 0 Å². The molecule has 130 valence electrons. The van der Waals surface area contributed by atoms with Crippen LogP contribution in [0.1, 0.15) is 13.8 Å². The van der Waals surface area contributed by atoms with Crippen molar-refractivity contribution in [2.45, 2.75) is 26.1 Å². The lowest BCUT2D eigenvalue weighted by Gasteiger charge is -2.38. The summed E-state index contributed by atoms with van der Waals surface area (Å²) in [6, 6.07) is 0. The van der Waals surface area contributed by atoms with Gasteiger partial charge in [-0.25, -0.2) is 0 Å². The number of carbonyl (C=O) groups is 2. The van der Waals surface area contributed by atoms with Gasteiger partial charge >= 0.3 is 0 Å². The van der Waals surface area contributed by atoms with Gasteiger partial charge < -0.3 is 18.4 Å². The largest absolute Gasteiger partial charge is 0.373 e. The monoisotopic (exact) mass is 318 g/mol. The molecule has 0 N–H and O–H groups in total. The molecule has 0 saturated heterocycles. The lowest BCUT2D eigenvalue weighted by molar-refractivity contribution is -0.894. The minimum Gasteiger partial charge on any atom is -0.373 e. The fourth-order valence-corrected chi connectivity index (χ4v) is 3.00. The van der Waals surface area contributed by atoms with E-state index in [4.69, 9.17) is 9.47 Å². The molecule has 0 fully saturated rings. The number of nitrogens with zero attached hydrogens (tertiary/aromatic N) is 2. The molecule has 0 heterocycles. The van der Waals surface area contributed by atoms with Crippen LogP contribution in [0.2, 0.25) is 0 Å². The molecular formula is C16H34N2O4+2. The van der Waals surface area contributed by atoms with E-state index >= 15 is 0 Å². The van der Waals surface area contributed by atoms with Crippen molar-refractivity contribution in [3.05, 3.63) is 0 Å². The summed E-state index contributed by atoms with van der Waals surface area (Å²) in [7, 11) is 11.4. The van der Waals surface area contributed by atoms with Crippen molar-refractivity contribution in [1.82, 2.24) is 0 Å². The van der Waals surface area contributed by atoms with E-state index in [1.54, 1.807) is 28.1 Å². The van der Waals surface area contributed by atoms with Crippen LogP contribution in [0.3, 0.4) is 0 Å². The maximum Gasteiger partial charge on any atom is 0.183 e. The highest BCUT2D eigenvalue weighted by atomic mass is 16.5. The van der Waals surface area contributed by atoms with Crippen LogP contribution in [0.15, 0.2) is 0 Å². The molecule has 22 heavy (non-hydrogen) atoms. The molecule has 2 unspecified atom stereocenters. The molecule has 0 saturated carbocycles. The van der Waals surface area contributed by atoms with Crippen molar-refractivity contribution in [1.29, 1.82) is 0 Å². The Labute approximate surface area is 135 Å². The van der Waals surface area contributed by atoms with Gasteiger partial charge in [0.15, 0.2) is 11.6 Å². The Kier molecular flexibility index (Phi) is 8.39. The molecule has 0 amide bonds. The quantitative estimate of drug-likeness (QED) is 0.516. The van der Waals surface area contributed by atoms with Crippen LogP contribution in [0.4, 0.5) is 0 Å². The first-order chi connectivity index (χ1) is 9.92. The zero-order chi connectivity index (χ0) is 17.6. The van der Waals surface area contributed by atoms with E-state index in [1.165, 1.54) is 0 Å². The normalized spacial score (nSPS) is 15.5. The smallest absolute Gasteiger partial charge is 0.183 e. The molecule has 2 atom stereocenters. The molecule has 0 aromatic heterocycles. The first-order valence-corrected chi connectivity index (χ1v) is 7.61. The fraction of sp³-hybridized carbons (Fsp3) is 0.875. The number of Topliss-reactive ketones (excluding diaryl/α,β-unsaturated/α-hetero) is 2. The number of ether oxygens (including phenoxy) is 2. The predicted octanol–water partition coefficient (Wildman–Crippen LogP) is 0.347. The average molecular weight is 318 g/mol. The standard InChI is InChI=1S/C16H34N2O4/c1-13(19)9-17(3,4)11-15(21-7)16(22-8)12-18(5,6)10-14(2)20/h15-16H,9-12H2,1-8H3/q+2. The van der Waals surface area contributed by atoms with E-state index in [0.717, 1.165) is 0 Å². The van der Waals surface area contributed by atoms with E-state index in [-0.39, 0.29) is 23.8 Å². The molecule has 0 aliphatic rings.